The van der Waals surface area contributed by atoms with Gasteiger partial charge in [0.25, 0.3) is 0 Å². The van der Waals surface area contributed by atoms with Gasteiger partial charge in [0.1, 0.15) is 0 Å². The third kappa shape index (κ3) is 2.32. The number of fused-ring (bicyclic) bond motifs is 5. The Morgan fingerprint density at radius 3 is 2.46 bits per heavy atom. The fourth-order valence-electron chi connectivity index (χ4n) is 6.88. The van der Waals surface area contributed by atoms with Crippen molar-refractivity contribution >= 4 is 11.8 Å². The first kappa shape index (κ1) is 17.8. The summed E-state index contributed by atoms with van der Waals surface area (Å²) in [6, 6.07) is 0. The van der Waals surface area contributed by atoms with Crippen LogP contribution in [-0.4, -0.2) is 16.7 Å². The van der Waals surface area contributed by atoms with E-state index in [9.17, 15) is 9.59 Å². The zero-order valence-corrected chi connectivity index (χ0v) is 16.5. The quantitative estimate of drug-likeness (QED) is 0.675. The van der Waals surface area contributed by atoms with E-state index in [1.54, 1.807) is 0 Å². The third-order valence-electron chi connectivity index (χ3n) is 8.17. The summed E-state index contributed by atoms with van der Waals surface area (Å²) in [5.41, 5.74) is 1.20. The maximum absolute atomic E-state index is 12.2. The molecule has 0 bridgehead atoms. The summed E-state index contributed by atoms with van der Waals surface area (Å²) >= 11 is 0. The minimum Gasteiger partial charge on any atom is -0.274 e. The van der Waals surface area contributed by atoms with Crippen LogP contribution in [0.15, 0.2) is 36.1 Å². The largest absolute Gasteiger partial charge is 0.274 e. The lowest BCUT2D eigenvalue weighted by Crippen LogP contribution is -2.52. The van der Waals surface area contributed by atoms with Gasteiger partial charge in [0.05, 0.1) is 0 Å². The average molecular weight is 354 g/mol. The van der Waals surface area contributed by atoms with Crippen molar-refractivity contribution in [1.29, 1.82) is 0 Å². The van der Waals surface area contributed by atoms with Crippen molar-refractivity contribution in [3.8, 4) is 0 Å². The lowest BCUT2D eigenvalue weighted by molar-refractivity contribution is -0.141. The second-order valence-corrected chi connectivity index (χ2v) is 9.33. The lowest BCUT2D eigenvalue weighted by atomic mass is 9.47. The van der Waals surface area contributed by atoms with Gasteiger partial charge in [0.2, 0.25) is 11.8 Å². The zero-order valence-electron chi connectivity index (χ0n) is 16.5. The van der Waals surface area contributed by atoms with Crippen molar-refractivity contribution in [3.05, 3.63) is 36.1 Å². The number of allylic oxidation sites excluding steroid dienone is 6. The Hall–Kier alpha value is -1.64. The van der Waals surface area contributed by atoms with Crippen molar-refractivity contribution in [3.63, 3.8) is 0 Å². The van der Waals surface area contributed by atoms with E-state index in [0.29, 0.717) is 23.7 Å². The Balaban J connectivity index is 1.66. The first-order chi connectivity index (χ1) is 12.3. The predicted octanol–water partition coefficient (Wildman–Crippen LogP) is 4.86. The fraction of sp³-hybridized carbons (Fsp3) is 0.652. The Kier molecular flexibility index (Phi) is 4.05. The van der Waals surface area contributed by atoms with Gasteiger partial charge in [-0.2, -0.15) is 0 Å². The molecule has 6 atom stereocenters. The Bertz CT molecular complexity index is 718. The van der Waals surface area contributed by atoms with Gasteiger partial charge < -0.3 is 0 Å². The van der Waals surface area contributed by atoms with E-state index in [-0.39, 0.29) is 22.6 Å². The molecule has 0 aromatic carbocycles. The molecule has 4 rings (SSSR count). The topological polar surface area (TPSA) is 37.4 Å². The van der Waals surface area contributed by atoms with E-state index in [4.69, 9.17) is 0 Å². The van der Waals surface area contributed by atoms with E-state index >= 15 is 0 Å². The molecule has 2 fully saturated rings. The molecule has 0 aromatic heterocycles. The van der Waals surface area contributed by atoms with Gasteiger partial charge in [0.15, 0.2) is 0 Å². The fourth-order valence-corrected chi connectivity index (χ4v) is 6.88. The van der Waals surface area contributed by atoms with Crippen LogP contribution in [-0.2, 0) is 9.59 Å². The van der Waals surface area contributed by atoms with Gasteiger partial charge in [0, 0.05) is 25.0 Å². The minimum absolute atomic E-state index is 0.0457. The summed E-state index contributed by atoms with van der Waals surface area (Å²) in [6.45, 7) is 7.78. The van der Waals surface area contributed by atoms with Crippen LogP contribution in [0.5, 0.6) is 0 Å². The molecule has 4 aliphatic carbocycles. The van der Waals surface area contributed by atoms with Crippen LogP contribution in [0.4, 0.5) is 0 Å². The molecule has 4 aliphatic rings. The molecule has 0 spiro atoms. The number of carbonyl (C=O) groups excluding carboxylic acids is 2. The maximum atomic E-state index is 12.2. The summed E-state index contributed by atoms with van der Waals surface area (Å²) in [5.74, 6) is 2.30. The molecule has 140 valence electrons. The van der Waals surface area contributed by atoms with Crippen molar-refractivity contribution < 1.29 is 9.59 Å². The molecule has 0 aliphatic heterocycles. The molecule has 0 heterocycles. The number of rotatable bonds is 1. The summed E-state index contributed by atoms with van der Waals surface area (Å²) < 4.78 is 0. The normalized spacial score (nSPS) is 43.2. The number of hydrogen-bond acceptors (Lipinski definition) is 2. The van der Waals surface area contributed by atoms with Crippen LogP contribution >= 0.6 is 0 Å². The predicted molar refractivity (Wildman–Crippen MR) is 103 cm³/mol. The third-order valence-corrected chi connectivity index (χ3v) is 8.17. The maximum Gasteiger partial charge on any atom is 0.230 e. The monoisotopic (exact) mass is 353 g/mol. The van der Waals surface area contributed by atoms with E-state index in [0.717, 1.165) is 18.5 Å². The second-order valence-electron chi connectivity index (χ2n) is 9.33. The van der Waals surface area contributed by atoms with Gasteiger partial charge in [-0.1, -0.05) is 44.2 Å². The molecule has 1 unspecified atom stereocenters. The number of amides is 2. The molecule has 0 radical (unpaired) electrons. The van der Waals surface area contributed by atoms with Crippen LogP contribution < -0.4 is 0 Å². The van der Waals surface area contributed by atoms with Crippen molar-refractivity contribution in [1.82, 2.24) is 4.90 Å². The number of imide groups is 1. The molecule has 0 N–H and O–H groups in total. The molecule has 3 nitrogen and oxygen atoms in total. The van der Waals surface area contributed by atoms with Crippen LogP contribution in [0, 0.1) is 34.5 Å². The molecular weight excluding hydrogens is 322 g/mol. The Labute approximate surface area is 157 Å². The molecule has 0 saturated heterocycles. The Morgan fingerprint density at radius 2 is 1.77 bits per heavy atom. The van der Waals surface area contributed by atoms with Crippen LogP contribution in [0.2, 0.25) is 0 Å². The average Bonchev–Trinajstić information content (AvgIpc) is 2.91. The molecule has 2 saturated carbocycles. The highest BCUT2D eigenvalue weighted by Gasteiger charge is 2.58. The molecule has 3 heteroatoms. The highest BCUT2D eigenvalue weighted by atomic mass is 16.2. The van der Waals surface area contributed by atoms with Crippen molar-refractivity contribution in [2.24, 2.45) is 34.5 Å². The van der Waals surface area contributed by atoms with Crippen LogP contribution in [0.25, 0.3) is 0 Å². The van der Waals surface area contributed by atoms with Crippen LogP contribution in [0.1, 0.15) is 59.8 Å². The van der Waals surface area contributed by atoms with E-state index in [1.165, 1.54) is 38.0 Å². The van der Waals surface area contributed by atoms with Gasteiger partial charge in [-0.05, 0) is 61.2 Å². The molecule has 2 amide bonds. The van der Waals surface area contributed by atoms with Gasteiger partial charge in [-0.3, -0.25) is 14.5 Å². The Morgan fingerprint density at radius 1 is 1.04 bits per heavy atom. The van der Waals surface area contributed by atoms with Crippen molar-refractivity contribution in [2.75, 3.05) is 0 Å². The van der Waals surface area contributed by atoms with Crippen LogP contribution in [0.3, 0.4) is 0 Å². The van der Waals surface area contributed by atoms with Crippen molar-refractivity contribution in [2.45, 2.75) is 59.8 Å². The van der Waals surface area contributed by atoms with Gasteiger partial charge >= 0.3 is 0 Å². The summed E-state index contributed by atoms with van der Waals surface area (Å²) in [4.78, 5) is 25.8. The number of carbonyl (C=O) groups is 2. The SMILES string of the molecule is CC(=O)N(C(C)=O)C1=CC[C@H]2[C@@H]3CCC4C=CC=C[C@]4(C)[C@@H]3CC[C@]12C. The lowest BCUT2D eigenvalue weighted by Gasteiger charge is -2.58. The van der Waals surface area contributed by atoms with Gasteiger partial charge in [-0.25, -0.2) is 0 Å². The summed E-state index contributed by atoms with van der Waals surface area (Å²) in [7, 11) is 0. The second kappa shape index (κ2) is 5.94. The summed E-state index contributed by atoms with van der Waals surface area (Å²) in [6.07, 6.45) is 17.3. The highest BCUT2D eigenvalue weighted by Crippen LogP contribution is 2.65. The molecule has 26 heavy (non-hydrogen) atoms. The number of hydrogen-bond donors (Lipinski definition) is 0. The highest BCUT2D eigenvalue weighted by molar-refractivity contribution is 5.95. The van der Waals surface area contributed by atoms with E-state index in [1.807, 2.05) is 0 Å². The van der Waals surface area contributed by atoms with Gasteiger partial charge in [-0.15, -0.1) is 0 Å². The number of nitrogens with zero attached hydrogens (tertiary/aromatic N) is 1. The first-order valence-electron chi connectivity index (χ1n) is 10.2. The molecular formula is C23H31NO2. The summed E-state index contributed by atoms with van der Waals surface area (Å²) in [5, 5.41) is 0. The standard InChI is InChI=1S/C23H31NO2/c1-15(25)24(16(2)26)21-11-10-19-18-9-8-17-7-5-6-13-22(17,3)20(18)12-14-23(19,21)4/h5-7,11,13,17-20H,8-10,12,14H2,1-4H3/t17?,18-,19-,20+,22-,23-/m0/s1. The zero-order chi connectivity index (χ0) is 18.7. The first-order valence-corrected chi connectivity index (χ1v) is 10.2. The van der Waals surface area contributed by atoms with E-state index < -0.39 is 0 Å². The van der Waals surface area contributed by atoms with E-state index in [2.05, 4.69) is 44.2 Å². The molecule has 0 aromatic rings. The minimum atomic E-state index is -0.149. The smallest absolute Gasteiger partial charge is 0.230 e.